The standard InChI is InChI=1S/C19H15ClN2OS/c1-13-4-2-3-5-14(13)10-23-16-9-19(24-11-16)22-12-21-17-8-15(20)6-7-18(17)22/h2-9,11-12H,10H2,1H3. The molecule has 2 heterocycles. The zero-order valence-electron chi connectivity index (χ0n) is 13.1. The van der Waals surface area contributed by atoms with Gasteiger partial charge in [-0.2, -0.15) is 0 Å². The van der Waals surface area contributed by atoms with Crippen LogP contribution in [0.3, 0.4) is 0 Å². The van der Waals surface area contributed by atoms with E-state index in [1.165, 1.54) is 11.1 Å². The molecule has 24 heavy (non-hydrogen) atoms. The van der Waals surface area contributed by atoms with Crippen molar-refractivity contribution in [3.8, 4) is 10.8 Å². The Bertz CT molecular complexity index is 1010. The molecule has 0 atom stereocenters. The summed E-state index contributed by atoms with van der Waals surface area (Å²) >= 11 is 7.65. The van der Waals surface area contributed by atoms with Gasteiger partial charge in [0.05, 0.1) is 11.0 Å². The summed E-state index contributed by atoms with van der Waals surface area (Å²) in [5, 5.41) is 3.79. The molecule has 0 radical (unpaired) electrons. The van der Waals surface area contributed by atoms with Gasteiger partial charge in [0.1, 0.15) is 23.7 Å². The van der Waals surface area contributed by atoms with Gasteiger partial charge in [0, 0.05) is 16.5 Å². The minimum Gasteiger partial charge on any atom is -0.488 e. The second-order valence-corrected chi connectivity index (χ2v) is 6.91. The molecule has 0 N–H and O–H groups in total. The maximum Gasteiger partial charge on any atom is 0.132 e. The Balaban J connectivity index is 1.57. The van der Waals surface area contributed by atoms with Crippen LogP contribution in [0.4, 0.5) is 0 Å². The molecule has 4 rings (SSSR count). The number of halogens is 1. The second-order valence-electron chi connectivity index (χ2n) is 5.58. The Hall–Kier alpha value is -2.30. The smallest absolute Gasteiger partial charge is 0.132 e. The van der Waals surface area contributed by atoms with Crippen molar-refractivity contribution in [2.45, 2.75) is 13.5 Å². The van der Waals surface area contributed by atoms with Gasteiger partial charge in [-0.05, 0) is 36.2 Å². The number of fused-ring (bicyclic) bond motifs is 1. The molecule has 4 aromatic rings. The van der Waals surface area contributed by atoms with E-state index in [0.717, 1.165) is 21.8 Å². The van der Waals surface area contributed by atoms with Crippen LogP contribution in [-0.4, -0.2) is 9.55 Å². The van der Waals surface area contributed by atoms with E-state index in [2.05, 4.69) is 28.6 Å². The Kier molecular flexibility index (Phi) is 4.00. The molecule has 0 fully saturated rings. The quantitative estimate of drug-likeness (QED) is 0.475. The van der Waals surface area contributed by atoms with Gasteiger partial charge in [0.25, 0.3) is 0 Å². The van der Waals surface area contributed by atoms with Crippen molar-refractivity contribution in [2.75, 3.05) is 0 Å². The van der Waals surface area contributed by atoms with Crippen LogP contribution in [0.5, 0.6) is 5.75 Å². The predicted molar refractivity (Wildman–Crippen MR) is 99.5 cm³/mol. The minimum atomic E-state index is 0.573. The average molecular weight is 355 g/mol. The van der Waals surface area contributed by atoms with E-state index >= 15 is 0 Å². The highest BCUT2D eigenvalue weighted by molar-refractivity contribution is 7.12. The van der Waals surface area contributed by atoms with Crippen LogP contribution in [0.25, 0.3) is 16.0 Å². The van der Waals surface area contributed by atoms with Gasteiger partial charge in [0.2, 0.25) is 0 Å². The number of rotatable bonds is 4. The third-order valence-corrected chi connectivity index (χ3v) is 5.11. The molecule has 0 aliphatic heterocycles. The van der Waals surface area contributed by atoms with E-state index in [1.54, 1.807) is 11.3 Å². The van der Waals surface area contributed by atoms with Crippen molar-refractivity contribution in [1.82, 2.24) is 9.55 Å². The summed E-state index contributed by atoms with van der Waals surface area (Å²) in [5.41, 5.74) is 4.36. The lowest BCUT2D eigenvalue weighted by atomic mass is 10.1. The molecule has 0 saturated heterocycles. The lowest BCUT2D eigenvalue weighted by Crippen LogP contribution is -1.96. The van der Waals surface area contributed by atoms with E-state index in [1.807, 2.05) is 48.1 Å². The number of aromatic nitrogens is 2. The number of imidazole rings is 1. The molecule has 0 bridgehead atoms. The summed E-state index contributed by atoms with van der Waals surface area (Å²) in [6.07, 6.45) is 1.82. The summed E-state index contributed by atoms with van der Waals surface area (Å²) in [5.74, 6) is 0.870. The van der Waals surface area contributed by atoms with Crippen LogP contribution in [0.2, 0.25) is 5.02 Å². The molecule has 0 aliphatic carbocycles. The first-order chi connectivity index (χ1) is 11.7. The fourth-order valence-corrected chi connectivity index (χ4v) is 3.59. The Morgan fingerprint density at radius 1 is 1.17 bits per heavy atom. The monoisotopic (exact) mass is 354 g/mol. The number of hydrogen-bond donors (Lipinski definition) is 0. The topological polar surface area (TPSA) is 27.1 Å². The highest BCUT2D eigenvalue weighted by Crippen LogP contribution is 2.29. The number of ether oxygens (including phenoxy) is 1. The van der Waals surface area contributed by atoms with Crippen LogP contribution < -0.4 is 4.74 Å². The molecule has 0 spiro atoms. The van der Waals surface area contributed by atoms with Gasteiger partial charge in [-0.25, -0.2) is 4.98 Å². The third-order valence-electron chi connectivity index (χ3n) is 3.96. The molecule has 0 aliphatic rings. The van der Waals surface area contributed by atoms with Crippen molar-refractivity contribution in [3.63, 3.8) is 0 Å². The van der Waals surface area contributed by atoms with Gasteiger partial charge in [-0.3, -0.25) is 4.57 Å². The zero-order chi connectivity index (χ0) is 16.5. The average Bonchev–Trinajstić information content (AvgIpc) is 3.20. The molecule has 0 unspecified atom stereocenters. The van der Waals surface area contributed by atoms with E-state index in [4.69, 9.17) is 16.3 Å². The van der Waals surface area contributed by atoms with Crippen LogP contribution >= 0.6 is 22.9 Å². The van der Waals surface area contributed by atoms with E-state index in [-0.39, 0.29) is 0 Å². The largest absolute Gasteiger partial charge is 0.488 e. The highest BCUT2D eigenvalue weighted by atomic mass is 35.5. The molecule has 0 amide bonds. The Labute approximate surface area is 149 Å². The second kappa shape index (κ2) is 6.30. The number of benzene rings is 2. The zero-order valence-corrected chi connectivity index (χ0v) is 14.6. The van der Waals surface area contributed by atoms with Crippen molar-refractivity contribution in [1.29, 1.82) is 0 Å². The first kappa shape index (κ1) is 15.2. The van der Waals surface area contributed by atoms with Crippen LogP contribution in [-0.2, 0) is 6.61 Å². The Morgan fingerprint density at radius 2 is 2.04 bits per heavy atom. The molecule has 2 aromatic carbocycles. The van der Waals surface area contributed by atoms with Crippen LogP contribution in [0, 0.1) is 6.92 Å². The maximum absolute atomic E-state index is 6.02. The van der Waals surface area contributed by atoms with E-state index in [9.17, 15) is 0 Å². The maximum atomic E-state index is 6.02. The summed E-state index contributed by atoms with van der Waals surface area (Å²) in [6, 6.07) is 16.0. The van der Waals surface area contributed by atoms with Gasteiger partial charge in [0.15, 0.2) is 0 Å². The normalized spacial score (nSPS) is 11.1. The molecule has 3 nitrogen and oxygen atoms in total. The van der Waals surface area contributed by atoms with Crippen molar-refractivity contribution >= 4 is 34.0 Å². The van der Waals surface area contributed by atoms with E-state index < -0.39 is 0 Å². The minimum absolute atomic E-state index is 0.573. The number of thiophene rings is 1. The summed E-state index contributed by atoms with van der Waals surface area (Å²) in [4.78, 5) is 4.41. The molecule has 120 valence electrons. The van der Waals surface area contributed by atoms with Gasteiger partial charge >= 0.3 is 0 Å². The summed E-state index contributed by atoms with van der Waals surface area (Å²) < 4.78 is 7.99. The summed E-state index contributed by atoms with van der Waals surface area (Å²) in [7, 11) is 0. The van der Waals surface area contributed by atoms with Crippen LogP contribution in [0.1, 0.15) is 11.1 Å². The van der Waals surface area contributed by atoms with Crippen molar-refractivity contribution in [2.24, 2.45) is 0 Å². The molecular weight excluding hydrogens is 340 g/mol. The summed E-state index contributed by atoms with van der Waals surface area (Å²) in [6.45, 7) is 2.67. The van der Waals surface area contributed by atoms with Gasteiger partial charge in [-0.1, -0.05) is 35.9 Å². The van der Waals surface area contributed by atoms with E-state index in [0.29, 0.717) is 11.6 Å². The lowest BCUT2D eigenvalue weighted by molar-refractivity contribution is 0.307. The fraction of sp³-hybridized carbons (Fsp3) is 0.105. The van der Waals surface area contributed by atoms with Gasteiger partial charge < -0.3 is 4.74 Å². The van der Waals surface area contributed by atoms with Gasteiger partial charge in [-0.15, -0.1) is 11.3 Å². The molecule has 5 heteroatoms. The highest BCUT2D eigenvalue weighted by Gasteiger charge is 2.09. The number of hydrogen-bond acceptors (Lipinski definition) is 3. The van der Waals surface area contributed by atoms with Crippen molar-refractivity contribution < 1.29 is 4.74 Å². The first-order valence-corrected chi connectivity index (χ1v) is 8.85. The number of nitrogens with zero attached hydrogens (tertiary/aromatic N) is 2. The Morgan fingerprint density at radius 3 is 2.92 bits per heavy atom. The fourth-order valence-electron chi connectivity index (χ4n) is 2.60. The number of aryl methyl sites for hydroxylation is 1. The van der Waals surface area contributed by atoms with Crippen LogP contribution in [0.15, 0.2) is 60.2 Å². The SMILES string of the molecule is Cc1ccccc1COc1csc(-n2cnc3cc(Cl)ccc32)c1. The lowest BCUT2D eigenvalue weighted by Gasteiger charge is -2.06. The van der Waals surface area contributed by atoms with Crippen molar-refractivity contribution in [3.05, 3.63) is 76.4 Å². The third kappa shape index (κ3) is 2.90. The first-order valence-electron chi connectivity index (χ1n) is 7.59. The molecule has 2 aromatic heterocycles. The predicted octanol–water partition coefficient (Wildman–Crippen LogP) is 5.63. The molecule has 0 saturated carbocycles. The molecular formula is C19H15ClN2OS.